The van der Waals surface area contributed by atoms with Gasteiger partial charge in [0.1, 0.15) is 0 Å². The van der Waals surface area contributed by atoms with E-state index in [0.29, 0.717) is 0 Å². The Bertz CT molecular complexity index is 115. The van der Waals surface area contributed by atoms with Crippen molar-refractivity contribution in [3.05, 3.63) is 0 Å². The van der Waals surface area contributed by atoms with Crippen molar-refractivity contribution in [1.82, 2.24) is 0 Å². The first-order chi connectivity index (χ1) is 5.68. The Balaban J connectivity index is 0. The molecule has 0 spiro atoms. The van der Waals surface area contributed by atoms with Crippen molar-refractivity contribution in [2.24, 2.45) is 11.5 Å². The van der Waals surface area contributed by atoms with E-state index in [2.05, 4.69) is 0 Å². The van der Waals surface area contributed by atoms with Crippen LogP contribution in [0.4, 0.5) is 0 Å². The van der Waals surface area contributed by atoms with Crippen molar-refractivity contribution in [2.75, 3.05) is 19.8 Å². The molecule has 0 bridgehead atoms. The van der Waals surface area contributed by atoms with Crippen molar-refractivity contribution in [2.45, 2.75) is 31.8 Å². The number of aliphatic hydroxyl groups is 3. The molecular formula is C8H22N2O3. The van der Waals surface area contributed by atoms with E-state index in [-0.39, 0.29) is 19.8 Å². The summed E-state index contributed by atoms with van der Waals surface area (Å²) in [4.78, 5) is 0. The topological polar surface area (TPSA) is 113 Å². The first-order valence-electron chi connectivity index (χ1n) is 4.09. The van der Waals surface area contributed by atoms with Gasteiger partial charge in [-0.25, -0.2) is 0 Å². The van der Waals surface area contributed by atoms with Gasteiger partial charge in [0.25, 0.3) is 0 Å². The Labute approximate surface area is 79.4 Å². The lowest BCUT2D eigenvalue weighted by atomic mass is 10.1. The number of hydrogen-bond donors (Lipinski definition) is 5. The smallest absolute Gasteiger partial charge is 0.0631 e. The summed E-state index contributed by atoms with van der Waals surface area (Å²) in [6.07, 6.45) is 0. The summed E-state index contributed by atoms with van der Waals surface area (Å²) in [5.41, 5.74) is 9.29. The van der Waals surface area contributed by atoms with Crippen LogP contribution >= 0.6 is 0 Å². The highest BCUT2D eigenvalue weighted by atomic mass is 16.3. The first kappa shape index (κ1) is 15.3. The molecular weight excluding hydrogens is 172 g/mol. The van der Waals surface area contributed by atoms with Gasteiger partial charge in [-0.1, -0.05) is 0 Å². The van der Waals surface area contributed by atoms with E-state index in [1.807, 2.05) is 0 Å². The van der Waals surface area contributed by atoms with Gasteiger partial charge in [-0.3, -0.25) is 0 Å². The Morgan fingerprint density at radius 1 is 0.846 bits per heavy atom. The van der Waals surface area contributed by atoms with Crippen LogP contribution in [0.3, 0.4) is 0 Å². The van der Waals surface area contributed by atoms with Crippen LogP contribution < -0.4 is 11.5 Å². The van der Waals surface area contributed by atoms with Gasteiger partial charge >= 0.3 is 0 Å². The van der Waals surface area contributed by atoms with Gasteiger partial charge in [0, 0.05) is 5.54 Å². The van der Waals surface area contributed by atoms with Gasteiger partial charge in [-0.15, -0.1) is 0 Å². The summed E-state index contributed by atoms with van der Waals surface area (Å²) in [7, 11) is 0. The average Bonchev–Trinajstić information content (AvgIpc) is 2.04. The highest BCUT2D eigenvalue weighted by Crippen LogP contribution is 1.91. The molecule has 0 saturated heterocycles. The van der Waals surface area contributed by atoms with Crippen LogP contribution in [-0.2, 0) is 0 Å². The molecule has 0 fully saturated rings. The van der Waals surface area contributed by atoms with Crippen LogP contribution in [-0.4, -0.2) is 46.2 Å². The van der Waals surface area contributed by atoms with Crippen LogP contribution in [0.5, 0.6) is 0 Å². The zero-order chi connectivity index (χ0) is 11.1. The van der Waals surface area contributed by atoms with Crippen molar-refractivity contribution in [1.29, 1.82) is 0 Å². The van der Waals surface area contributed by atoms with Gasteiger partial charge in [-0.05, 0) is 20.8 Å². The summed E-state index contributed by atoms with van der Waals surface area (Å²) in [6, 6.07) is 0. The summed E-state index contributed by atoms with van der Waals surface area (Å²) in [6.45, 7) is 4.81. The molecule has 0 aliphatic rings. The van der Waals surface area contributed by atoms with Crippen LogP contribution in [0.25, 0.3) is 0 Å². The third-order valence-electron chi connectivity index (χ3n) is 1.13. The Kier molecular flexibility index (Phi) is 7.39. The lowest BCUT2D eigenvalue weighted by Crippen LogP contribution is -2.43. The molecule has 0 atom stereocenters. The fourth-order valence-corrected chi connectivity index (χ4v) is 0.0500. The monoisotopic (exact) mass is 194 g/mol. The minimum Gasteiger partial charge on any atom is -0.394 e. The molecule has 0 rings (SSSR count). The van der Waals surface area contributed by atoms with E-state index in [9.17, 15) is 0 Å². The zero-order valence-electron chi connectivity index (χ0n) is 8.62. The van der Waals surface area contributed by atoms with E-state index in [1.165, 1.54) is 0 Å². The van der Waals surface area contributed by atoms with Crippen molar-refractivity contribution in [3.8, 4) is 0 Å². The Morgan fingerprint density at radius 2 is 1.08 bits per heavy atom. The number of nitrogens with two attached hydrogens (primary N) is 2. The molecule has 0 heterocycles. The maximum Gasteiger partial charge on any atom is 0.0631 e. The van der Waals surface area contributed by atoms with Gasteiger partial charge in [0.15, 0.2) is 0 Å². The normalized spacial score (nSPS) is 12.0. The second-order valence-electron chi connectivity index (χ2n) is 4.12. The fourth-order valence-electron chi connectivity index (χ4n) is 0.0500. The van der Waals surface area contributed by atoms with E-state index >= 15 is 0 Å². The third-order valence-corrected chi connectivity index (χ3v) is 1.13. The molecule has 7 N–H and O–H groups in total. The molecule has 0 aromatic rings. The second kappa shape index (κ2) is 6.28. The summed E-state index contributed by atoms with van der Waals surface area (Å²) < 4.78 is 0. The molecule has 0 aromatic carbocycles. The minimum atomic E-state index is -0.806. The quantitative estimate of drug-likeness (QED) is 0.371. The maximum atomic E-state index is 8.31. The lowest BCUT2D eigenvalue weighted by molar-refractivity contribution is 0.134. The number of hydrogen-bond acceptors (Lipinski definition) is 5. The third kappa shape index (κ3) is 14.6. The maximum absolute atomic E-state index is 8.31. The molecule has 0 amide bonds. The van der Waals surface area contributed by atoms with Crippen LogP contribution in [0.2, 0.25) is 0 Å². The van der Waals surface area contributed by atoms with Crippen molar-refractivity contribution in [3.63, 3.8) is 0 Å². The minimum absolute atomic E-state index is 0.0486. The molecule has 0 saturated carbocycles. The fraction of sp³-hybridized carbons (Fsp3) is 1.00. The molecule has 5 heteroatoms. The average molecular weight is 194 g/mol. The predicted octanol–water partition coefficient (Wildman–Crippen LogP) is -1.60. The molecule has 0 aliphatic carbocycles. The summed E-state index contributed by atoms with van der Waals surface area (Å²) in [5.74, 6) is 0. The van der Waals surface area contributed by atoms with E-state index in [0.717, 1.165) is 0 Å². The largest absolute Gasteiger partial charge is 0.394 e. The number of rotatable bonds is 3. The molecule has 0 radical (unpaired) electrons. The molecule has 0 aromatic heterocycles. The number of aliphatic hydroxyl groups excluding tert-OH is 3. The molecule has 82 valence electrons. The van der Waals surface area contributed by atoms with Gasteiger partial charge in [-0.2, -0.15) is 0 Å². The van der Waals surface area contributed by atoms with Crippen LogP contribution in [0, 0.1) is 0 Å². The van der Waals surface area contributed by atoms with E-state index in [4.69, 9.17) is 26.8 Å². The summed E-state index contributed by atoms with van der Waals surface area (Å²) >= 11 is 0. The van der Waals surface area contributed by atoms with Crippen molar-refractivity contribution < 1.29 is 15.3 Å². The Hall–Kier alpha value is -0.200. The van der Waals surface area contributed by atoms with Crippen LogP contribution in [0.15, 0.2) is 0 Å². The Morgan fingerprint density at radius 3 is 1.08 bits per heavy atom. The van der Waals surface area contributed by atoms with Gasteiger partial charge in [0.2, 0.25) is 0 Å². The molecule has 13 heavy (non-hydrogen) atoms. The lowest BCUT2D eigenvalue weighted by Gasteiger charge is -2.16. The van der Waals surface area contributed by atoms with Crippen molar-refractivity contribution >= 4 is 0 Å². The molecule has 5 nitrogen and oxygen atoms in total. The highest BCUT2D eigenvalue weighted by molar-refractivity contribution is 4.74. The zero-order valence-corrected chi connectivity index (χ0v) is 8.62. The molecule has 0 aliphatic heterocycles. The van der Waals surface area contributed by atoms with E-state index < -0.39 is 11.1 Å². The SMILES string of the molecule is CC(C)(N)CO.CC(N)(CO)CO. The molecule has 0 unspecified atom stereocenters. The van der Waals surface area contributed by atoms with Gasteiger partial charge in [0.05, 0.1) is 25.4 Å². The summed E-state index contributed by atoms with van der Waals surface area (Å²) in [5, 5.41) is 24.9. The standard InChI is InChI=1S/C4H11NO2.C4H11NO/c1-4(5,2-6)3-7;1-4(2,5)3-6/h6-7H,2-3,5H2,1H3;6H,3,5H2,1-2H3. The predicted molar refractivity (Wildman–Crippen MR) is 52.1 cm³/mol. The van der Waals surface area contributed by atoms with E-state index in [1.54, 1.807) is 20.8 Å². The van der Waals surface area contributed by atoms with Gasteiger partial charge < -0.3 is 26.8 Å². The highest BCUT2D eigenvalue weighted by Gasteiger charge is 2.13. The first-order valence-corrected chi connectivity index (χ1v) is 4.09. The van der Waals surface area contributed by atoms with Crippen LogP contribution in [0.1, 0.15) is 20.8 Å². The second-order valence-corrected chi connectivity index (χ2v) is 4.12.